The molecule has 0 saturated carbocycles. The number of anilines is 1. The third kappa shape index (κ3) is 4.90. The van der Waals surface area contributed by atoms with Crippen LogP contribution in [0, 0.1) is 20.8 Å². The summed E-state index contributed by atoms with van der Waals surface area (Å²) in [6, 6.07) is 17.6. The van der Waals surface area contributed by atoms with E-state index in [9.17, 15) is 9.59 Å². The molecule has 0 fully saturated rings. The molecule has 168 valence electrons. The molecule has 2 aromatic heterocycles. The first-order valence-electron chi connectivity index (χ1n) is 10.5. The van der Waals surface area contributed by atoms with Crippen molar-refractivity contribution in [2.75, 3.05) is 11.1 Å². The fourth-order valence-corrected chi connectivity index (χ4v) is 4.59. The number of benzene rings is 2. The zero-order chi connectivity index (χ0) is 23.5. The molecule has 33 heavy (non-hydrogen) atoms. The lowest BCUT2D eigenvalue weighted by Gasteiger charge is -2.10. The van der Waals surface area contributed by atoms with E-state index in [1.54, 1.807) is 10.9 Å². The molecule has 2 aromatic carbocycles. The van der Waals surface area contributed by atoms with Gasteiger partial charge in [0.2, 0.25) is 5.91 Å². The fraction of sp³-hybridized carbons (Fsp3) is 0.200. The number of carbonyl (C=O) groups excluding carboxylic acids is 2. The molecular formula is C25H25N5O2S. The summed E-state index contributed by atoms with van der Waals surface area (Å²) >= 11 is 1.34. The van der Waals surface area contributed by atoms with Crippen molar-refractivity contribution >= 4 is 29.1 Å². The van der Waals surface area contributed by atoms with Gasteiger partial charge in [0.25, 0.3) is 0 Å². The molecule has 0 radical (unpaired) electrons. The average molecular weight is 460 g/mol. The van der Waals surface area contributed by atoms with Crippen molar-refractivity contribution in [1.82, 2.24) is 19.3 Å². The standard InChI is InChI=1S/C25H25N5O2S/c1-16-8-10-21(11-9-16)30-17(2)12-23(18(30)3)24(32)14-33-25-28-26-15-29(25)22-7-5-6-20(13-22)27-19(4)31/h5-13,15H,14H2,1-4H3,(H,27,31). The largest absolute Gasteiger partial charge is 0.326 e. The second-order valence-corrected chi connectivity index (χ2v) is 8.83. The molecule has 0 atom stereocenters. The van der Waals surface area contributed by atoms with Crippen molar-refractivity contribution in [1.29, 1.82) is 0 Å². The normalized spacial score (nSPS) is 10.9. The number of thioether (sulfide) groups is 1. The third-order valence-corrected chi connectivity index (χ3v) is 6.26. The van der Waals surface area contributed by atoms with Crippen molar-refractivity contribution in [3.8, 4) is 11.4 Å². The molecule has 0 aliphatic rings. The minimum Gasteiger partial charge on any atom is -0.326 e. The van der Waals surface area contributed by atoms with E-state index in [0.717, 1.165) is 22.8 Å². The summed E-state index contributed by atoms with van der Waals surface area (Å²) in [5.41, 5.74) is 6.37. The first-order valence-corrected chi connectivity index (χ1v) is 11.5. The lowest BCUT2D eigenvalue weighted by atomic mass is 10.2. The maximum absolute atomic E-state index is 13.1. The zero-order valence-corrected chi connectivity index (χ0v) is 19.8. The Morgan fingerprint density at radius 1 is 1.00 bits per heavy atom. The maximum Gasteiger partial charge on any atom is 0.221 e. The van der Waals surface area contributed by atoms with E-state index in [1.165, 1.54) is 24.2 Å². The smallest absolute Gasteiger partial charge is 0.221 e. The molecule has 0 spiro atoms. The van der Waals surface area contributed by atoms with Gasteiger partial charge in [-0.25, -0.2) is 0 Å². The summed E-state index contributed by atoms with van der Waals surface area (Å²) in [6.45, 7) is 7.50. The van der Waals surface area contributed by atoms with E-state index in [4.69, 9.17) is 0 Å². The van der Waals surface area contributed by atoms with Gasteiger partial charge in [-0.3, -0.25) is 14.2 Å². The monoisotopic (exact) mass is 459 g/mol. The average Bonchev–Trinajstić information content (AvgIpc) is 3.37. The van der Waals surface area contributed by atoms with Crippen LogP contribution >= 0.6 is 11.8 Å². The predicted molar refractivity (Wildman–Crippen MR) is 131 cm³/mol. The number of carbonyl (C=O) groups is 2. The lowest BCUT2D eigenvalue weighted by molar-refractivity contribution is -0.114. The van der Waals surface area contributed by atoms with Crippen LogP contribution in [-0.2, 0) is 4.79 Å². The topological polar surface area (TPSA) is 81.8 Å². The van der Waals surface area contributed by atoms with Gasteiger partial charge in [0, 0.05) is 35.2 Å². The highest BCUT2D eigenvalue weighted by Crippen LogP contribution is 2.26. The Morgan fingerprint density at radius 2 is 1.76 bits per heavy atom. The molecule has 0 aliphatic heterocycles. The Balaban J connectivity index is 1.52. The predicted octanol–water partition coefficient (Wildman–Crippen LogP) is 4.92. The molecule has 2 heterocycles. The highest BCUT2D eigenvalue weighted by molar-refractivity contribution is 7.99. The number of aryl methyl sites for hydroxylation is 2. The first kappa shape index (κ1) is 22.5. The van der Waals surface area contributed by atoms with Gasteiger partial charge in [0.1, 0.15) is 6.33 Å². The number of ketones is 1. The molecule has 0 unspecified atom stereocenters. The van der Waals surface area contributed by atoms with Crippen molar-refractivity contribution in [3.63, 3.8) is 0 Å². The Kier molecular flexibility index (Phi) is 6.46. The third-order valence-electron chi connectivity index (χ3n) is 5.32. The maximum atomic E-state index is 13.1. The van der Waals surface area contributed by atoms with Gasteiger partial charge in [-0.1, -0.05) is 35.5 Å². The Bertz CT molecular complexity index is 1320. The SMILES string of the molecule is CC(=O)Nc1cccc(-n2cnnc2SCC(=O)c2cc(C)n(-c3ccc(C)cc3)c2C)c1. The molecular weight excluding hydrogens is 434 g/mol. The highest BCUT2D eigenvalue weighted by atomic mass is 32.2. The van der Waals surface area contributed by atoms with Crippen LogP contribution in [0.25, 0.3) is 11.4 Å². The van der Waals surface area contributed by atoms with Gasteiger partial charge in [-0.15, -0.1) is 10.2 Å². The minimum absolute atomic E-state index is 0.0352. The zero-order valence-electron chi connectivity index (χ0n) is 19.0. The summed E-state index contributed by atoms with van der Waals surface area (Å²) in [5, 5.41) is 11.6. The van der Waals surface area contributed by atoms with E-state index < -0.39 is 0 Å². The Morgan fingerprint density at radius 3 is 2.48 bits per heavy atom. The number of nitrogens with zero attached hydrogens (tertiary/aromatic N) is 4. The molecule has 4 rings (SSSR count). The van der Waals surface area contributed by atoms with E-state index in [2.05, 4.69) is 51.3 Å². The first-order chi connectivity index (χ1) is 15.8. The second-order valence-electron chi connectivity index (χ2n) is 7.88. The van der Waals surface area contributed by atoms with Crippen LogP contribution in [0.2, 0.25) is 0 Å². The van der Waals surface area contributed by atoms with Gasteiger partial charge >= 0.3 is 0 Å². The lowest BCUT2D eigenvalue weighted by Crippen LogP contribution is -2.07. The van der Waals surface area contributed by atoms with Crippen LogP contribution in [0.5, 0.6) is 0 Å². The molecule has 8 heteroatoms. The number of aromatic nitrogens is 4. The van der Waals surface area contributed by atoms with Gasteiger partial charge in [0.05, 0.1) is 11.4 Å². The summed E-state index contributed by atoms with van der Waals surface area (Å²) in [6.07, 6.45) is 1.60. The summed E-state index contributed by atoms with van der Waals surface area (Å²) in [7, 11) is 0. The van der Waals surface area contributed by atoms with Gasteiger partial charge in [-0.2, -0.15) is 0 Å². The van der Waals surface area contributed by atoms with E-state index in [1.807, 2.05) is 44.2 Å². The Hall–Kier alpha value is -3.65. The number of nitrogens with one attached hydrogen (secondary N) is 1. The van der Waals surface area contributed by atoms with Crippen LogP contribution in [0.3, 0.4) is 0 Å². The van der Waals surface area contributed by atoms with Gasteiger partial charge < -0.3 is 9.88 Å². The van der Waals surface area contributed by atoms with Crippen molar-refractivity contribution in [2.24, 2.45) is 0 Å². The number of Topliss-reactive ketones (excluding diaryl/α,β-unsaturated/α-hetero) is 1. The van der Waals surface area contributed by atoms with Gasteiger partial charge in [-0.05, 0) is 57.2 Å². The van der Waals surface area contributed by atoms with Crippen molar-refractivity contribution < 1.29 is 9.59 Å². The molecule has 0 bridgehead atoms. The molecule has 1 N–H and O–H groups in total. The van der Waals surface area contributed by atoms with Crippen LogP contribution in [0.15, 0.2) is 66.1 Å². The van der Waals surface area contributed by atoms with Gasteiger partial charge in [0.15, 0.2) is 10.9 Å². The van der Waals surface area contributed by atoms with Crippen LogP contribution in [0.4, 0.5) is 5.69 Å². The minimum atomic E-state index is -0.140. The number of hydrogen-bond acceptors (Lipinski definition) is 5. The summed E-state index contributed by atoms with van der Waals surface area (Å²) < 4.78 is 3.91. The summed E-state index contributed by atoms with van der Waals surface area (Å²) in [4.78, 5) is 24.5. The van der Waals surface area contributed by atoms with E-state index in [0.29, 0.717) is 16.4 Å². The Labute approximate surface area is 196 Å². The quantitative estimate of drug-likeness (QED) is 0.313. The van der Waals surface area contributed by atoms with E-state index in [-0.39, 0.29) is 17.4 Å². The molecule has 0 aliphatic carbocycles. The highest BCUT2D eigenvalue weighted by Gasteiger charge is 2.18. The second kappa shape index (κ2) is 9.46. The number of hydrogen-bond donors (Lipinski definition) is 1. The van der Waals surface area contributed by atoms with Crippen LogP contribution < -0.4 is 5.32 Å². The molecule has 0 saturated heterocycles. The van der Waals surface area contributed by atoms with E-state index >= 15 is 0 Å². The number of amides is 1. The molecule has 1 amide bonds. The fourth-order valence-electron chi connectivity index (χ4n) is 3.78. The van der Waals surface area contributed by atoms with Crippen molar-refractivity contribution in [2.45, 2.75) is 32.9 Å². The van der Waals surface area contributed by atoms with Crippen LogP contribution in [0.1, 0.15) is 34.2 Å². The van der Waals surface area contributed by atoms with Crippen LogP contribution in [-0.4, -0.2) is 36.8 Å². The molecule has 7 nitrogen and oxygen atoms in total. The summed E-state index contributed by atoms with van der Waals surface area (Å²) in [5.74, 6) is 0.134. The number of rotatable bonds is 7. The molecule has 4 aromatic rings. The van der Waals surface area contributed by atoms with Crippen molar-refractivity contribution in [3.05, 3.63) is 83.4 Å².